The number of anilines is 1. The highest BCUT2D eigenvalue weighted by atomic mass is 35.5. The third kappa shape index (κ3) is 6.28. The summed E-state index contributed by atoms with van der Waals surface area (Å²) < 4.78 is 5.51. The first-order chi connectivity index (χ1) is 18.6. The van der Waals surface area contributed by atoms with Crippen LogP contribution < -0.4 is 16.4 Å². The van der Waals surface area contributed by atoms with E-state index in [0.717, 1.165) is 35.7 Å². The molecule has 1 saturated carbocycles. The zero-order chi connectivity index (χ0) is 27.7. The summed E-state index contributed by atoms with van der Waals surface area (Å²) in [5.41, 5.74) is 8.06. The normalized spacial score (nSPS) is 23.6. The Bertz CT molecular complexity index is 1350. The Morgan fingerprint density at radius 3 is 2.74 bits per heavy atom. The van der Waals surface area contributed by atoms with Gasteiger partial charge in [-0.15, -0.1) is 0 Å². The molecule has 208 valence electrons. The van der Waals surface area contributed by atoms with Crippen molar-refractivity contribution in [3.05, 3.63) is 41.7 Å². The lowest BCUT2D eigenvalue weighted by atomic mass is 9.90. The topological polar surface area (TPSA) is 138 Å². The maximum absolute atomic E-state index is 13.2. The van der Waals surface area contributed by atoms with Crippen molar-refractivity contribution in [2.24, 2.45) is 5.73 Å². The molecule has 5 rings (SSSR count). The van der Waals surface area contributed by atoms with Gasteiger partial charge < -0.3 is 26.1 Å². The molecule has 2 fully saturated rings. The molecule has 1 aliphatic carbocycles. The molecule has 2 unspecified atom stereocenters. The average molecular weight is 554 g/mol. The molecule has 39 heavy (non-hydrogen) atoms. The van der Waals surface area contributed by atoms with Crippen LogP contribution in [0.2, 0.25) is 5.02 Å². The van der Waals surface area contributed by atoms with Crippen LogP contribution in [0.3, 0.4) is 0 Å². The number of fused-ring (bicyclic) bond motifs is 1. The highest BCUT2D eigenvalue weighted by molar-refractivity contribution is 6.33. The second-order valence-corrected chi connectivity index (χ2v) is 11.9. The fourth-order valence-electron chi connectivity index (χ4n) is 5.46. The molecule has 2 aliphatic rings. The molecule has 3 aromatic rings. The predicted molar refractivity (Wildman–Crippen MR) is 151 cm³/mol. The van der Waals surface area contributed by atoms with E-state index in [2.05, 4.69) is 20.6 Å². The van der Waals surface area contributed by atoms with Crippen molar-refractivity contribution in [2.45, 2.75) is 82.6 Å². The maximum Gasteiger partial charge on any atom is 0.411 e. The van der Waals surface area contributed by atoms with Crippen LogP contribution >= 0.6 is 11.6 Å². The van der Waals surface area contributed by atoms with Crippen LogP contribution in [-0.4, -0.2) is 68.2 Å². The van der Waals surface area contributed by atoms with Gasteiger partial charge in [0, 0.05) is 47.3 Å². The molecule has 2 aromatic heterocycles. The summed E-state index contributed by atoms with van der Waals surface area (Å²) in [6.45, 7) is 5.71. The van der Waals surface area contributed by atoms with Gasteiger partial charge >= 0.3 is 6.09 Å². The van der Waals surface area contributed by atoms with Gasteiger partial charge in [-0.2, -0.15) is 0 Å². The molecule has 10 nitrogen and oxygen atoms in total. The fourth-order valence-corrected chi connectivity index (χ4v) is 5.66. The number of hydrogen-bond donors (Lipinski definition) is 4. The number of aromatic nitrogens is 3. The van der Waals surface area contributed by atoms with E-state index in [-0.39, 0.29) is 24.0 Å². The van der Waals surface area contributed by atoms with Gasteiger partial charge in [-0.05, 0) is 58.9 Å². The predicted octanol–water partition coefficient (Wildman–Crippen LogP) is 4.45. The number of carbonyl (C=O) groups excluding carboxylic acids is 2. The largest absolute Gasteiger partial charge is 0.444 e. The highest BCUT2D eigenvalue weighted by Crippen LogP contribution is 2.33. The number of nitrogens with two attached hydrogens (primary N) is 1. The second-order valence-electron chi connectivity index (χ2n) is 11.5. The lowest BCUT2D eigenvalue weighted by molar-refractivity contribution is -0.126. The first-order valence-corrected chi connectivity index (χ1v) is 13.9. The van der Waals surface area contributed by atoms with Gasteiger partial charge in [0.2, 0.25) is 11.9 Å². The second kappa shape index (κ2) is 11.0. The van der Waals surface area contributed by atoms with Crippen molar-refractivity contribution in [3.63, 3.8) is 0 Å². The SMILES string of the molecule is CC(C)(C)OC(=O)N1CC(N)CC1C(=O)N[C@H]1CCC[C@@H](Nc2ncc(Cl)c(-c3c[nH]c4ccccc34)n2)C1. The number of likely N-dealkylation sites (tertiary alicyclic amines) is 1. The molecule has 0 radical (unpaired) electrons. The van der Waals surface area contributed by atoms with E-state index in [1.54, 1.807) is 27.0 Å². The van der Waals surface area contributed by atoms with Gasteiger partial charge in [0.15, 0.2) is 0 Å². The molecule has 0 spiro atoms. The van der Waals surface area contributed by atoms with Crippen LogP contribution in [0.25, 0.3) is 22.2 Å². The molecular weight excluding hydrogens is 518 g/mol. The zero-order valence-corrected chi connectivity index (χ0v) is 23.3. The molecule has 1 aromatic carbocycles. The molecule has 2 amide bonds. The van der Waals surface area contributed by atoms with E-state index in [9.17, 15) is 9.59 Å². The van der Waals surface area contributed by atoms with Crippen molar-refractivity contribution in [3.8, 4) is 11.3 Å². The monoisotopic (exact) mass is 553 g/mol. The lowest BCUT2D eigenvalue weighted by Gasteiger charge is -2.32. The first kappa shape index (κ1) is 27.2. The highest BCUT2D eigenvalue weighted by Gasteiger charge is 2.41. The maximum atomic E-state index is 13.2. The molecule has 11 heteroatoms. The Kier molecular flexibility index (Phi) is 7.68. The lowest BCUT2D eigenvalue weighted by Crippen LogP contribution is -2.51. The van der Waals surface area contributed by atoms with Crippen molar-refractivity contribution in [2.75, 3.05) is 11.9 Å². The Morgan fingerprint density at radius 1 is 1.18 bits per heavy atom. The number of amides is 2. The van der Waals surface area contributed by atoms with Crippen LogP contribution in [0.1, 0.15) is 52.9 Å². The van der Waals surface area contributed by atoms with Gasteiger partial charge in [-0.25, -0.2) is 14.8 Å². The average Bonchev–Trinajstić information content (AvgIpc) is 3.48. The van der Waals surface area contributed by atoms with Gasteiger partial charge in [0.05, 0.1) is 16.9 Å². The third-order valence-electron chi connectivity index (χ3n) is 7.21. The molecular formula is C28H36ClN7O3. The number of rotatable bonds is 5. The zero-order valence-electron chi connectivity index (χ0n) is 22.5. The van der Waals surface area contributed by atoms with E-state index in [0.29, 0.717) is 36.1 Å². The van der Waals surface area contributed by atoms with Crippen LogP contribution in [0.15, 0.2) is 36.7 Å². The molecule has 1 saturated heterocycles. The minimum absolute atomic E-state index is 0.0403. The number of aromatic amines is 1. The number of hydrogen-bond acceptors (Lipinski definition) is 7. The van der Waals surface area contributed by atoms with Gasteiger partial charge in [-0.1, -0.05) is 29.8 Å². The number of halogens is 1. The summed E-state index contributed by atoms with van der Waals surface area (Å²) >= 11 is 6.49. The van der Waals surface area contributed by atoms with Gasteiger partial charge in [0.25, 0.3) is 0 Å². The van der Waals surface area contributed by atoms with E-state index >= 15 is 0 Å². The summed E-state index contributed by atoms with van der Waals surface area (Å²) in [6, 6.07) is 7.14. The Morgan fingerprint density at radius 2 is 1.95 bits per heavy atom. The van der Waals surface area contributed by atoms with E-state index < -0.39 is 17.7 Å². The number of nitrogens with one attached hydrogen (secondary N) is 3. The van der Waals surface area contributed by atoms with Crippen molar-refractivity contribution >= 4 is 40.5 Å². The summed E-state index contributed by atoms with van der Waals surface area (Å²) in [6.07, 6.45) is 6.86. The number of nitrogens with zero attached hydrogens (tertiary/aromatic N) is 3. The van der Waals surface area contributed by atoms with E-state index in [4.69, 9.17) is 27.1 Å². The summed E-state index contributed by atoms with van der Waals surface area (Å²) in [5, 5.41) is 8.12. The number of para-hydroxylation sites is 1. The van der Waals surface area contributed by atoms with Crippen LogP contribution in [0.4, 0.5) is 10.7 Å². The Balaban J connectivity index is 1.23. The van der Waals surface area contributed by atoms with Crippen LogP contribution in [0.5, 0.6) is 0 Å². The van der Waals surface area contributed by atoms with E-state index in [1.165, 1.54) is 4.90 Å². The Hall–Kier alpha value is -3.37. The Labute approximate surface area is 233 Å². The third-order valence-corrected chi connectivity index (χ3v) is 7.48. The molecule has 4 atom stereocenters. The minimum atomic E-state index is -0.648. The van der Waals surface area contributed by atoms with Crippen molar-refractivity contribution in [1.82, 2.24) is 25.2 Å². The standard InChI is InChI=1S/C28H36ClN7O3/c1-28(2,3)39-27(38)36-15-16(30)11-23(36)25(37)33-17-7-6-8-18(12-17)34-26-32-14-21(29)24(35-26)20-13-31-22-10-5-4-9-19(20)22/h4-5,9-10,13-14,16-18,23,31H,6-8,11-12,15,30H2,1-3H3,(H,33,37)(H,32,34,35)/t16?,17-,18+,23?/m0/s1. The fraction of sp³-hybridized carbons (Fsp3) is 0.500. The summed E-state index contributed by atoms with van der Waals surface area (Å²) in [5.74, 6) is 0.304. The molecule has 3 heterocycles. The number of ether oxygens (including phenoxy) is 1. The van der Waals surface area contributed by atoms with Crippen molar-refractivity contribution < 1.29 is 14.3 Å². The summed E-state index contributed by atoms with van der Waals surface area (Å²) in [7, 11) is 0. The number of benzene rings is 1. The van der Waals surface area contributed by atoms with Crippen molar-refractivity contribution in [1.29, 1.82) is 0 Å². The molecule has 0 bridgehead atoms. The number of carbonyl (C=O) groups is 2. The smallest absolute Gasteiger partial charge is 0.411 e. The molecule has 1 aliphatic heterocycles. The van der Waals surface area contributed by atoms with Crippen LogP contribution in [0, 0.1) is 0 Å². The quantitative estimate of drug-likeness (QED) is 0.366. The summed E-state index contributed by atoms with van der Waals surface area (Å²) in [4.78, 5) is 39.8. The molecule has 5 N–H and O–H groups in total. The van der Waals surface area contributed by atoms with Crippen LogP contribution in [-0.2, 0) is 9.53 Å². The van der Waals surface area contributed by atoms with E-state index in [1.807, 2.05) is 30.5 Å². The minimum Gasteiger partial charge on any atom is -0.444 e. The number of H-pyrrole nitrogens is 1. The van der Waals surface area contributed by atoms with Gasteiger partial charge in [-0.3, -0.25) is 9.69 Å². The van der Waals surface area contributed by atoms with Gasteiger partial charge in [0.1, 0.15) is 11.6 Å². The first-order valence-electron chi connectivity index (χ1n) is 13.5.